The fourth-order valence-electron chi connectivity index (χ4n) is 3.39. The summed E-state index contributed by atoms with van der Waals surface area (Å²) in [6.07, 6.45) is 2.80. The lowest BCUT2D eigenvalue weighted by Gasteiger charge is -2.21. The number of hydrogen-bond acceptors (Lipinski definition) is 5. The first kappa shape index (κ1) is 19.3. The third-order valence-electron chi connectivity index (χ3n) is 4.91. The van der Waals surface area contributed by atoms with Crippen molar-refractivity contribution in [2.24, 2.45) is 0 Å². The maximum atomic E-state index is 12.1. The van der Waals surface area contributed by atoms with E-state index in [1.807, 2.05) is 36.5 Å². The number of ether oxygens (including phenoxy) is 1. The van der Waals surface area contributed by atoms with E-state index < -0.39 is 0 Å². The number of aromatic nitrogens is 3. The molecule has 150 valence electrons. The SMILES string of the molecule is COc1cc(N(C)CCCNc2nc3ccccc3c(=O)[nH]2)c2[nH]cc(Br)c2c1. The lowest BCUT2D eigenvalue weighted by atomic mass is 10.2. The molecule has 2 heterocycles. The molecule has 0 bridgehead atoms. The van der Waals surface area contributed by atoms with Gasteiger partial charge in [-0.1, -0.05) is 12.1 Å². The topological polar surface area (TPSA) is 86.0 Å². The van der Waals surface area contributed by atoms with Crippen LogP contribution < -0.4 is 20.5 Å². The number of fused-ring (bicyclic) bond motifs is 2. The predicted molar refractivity (Wildman–Crippen MR) is 121 cm³/mol. The average Bonchev–Trinajstić information content (AvgIpc) is 3.11. The Hall–Kier alpha value is -3.00. The highest BCUT2D eigenvalue weighted by molar-refractivity contribution is 9.10. The molecule has 8 heteroatoms. The molecule has 3 N–H and O–H groups in total. The number of H-pyrrole nitrogens is 2. The molecule has 2 aromatic heterocycles. The van der Waals surface area contributed by atoms with Gasteiger partial charge in [0, 0.05) is 42.3 Å². The zero-order valence-electron chi connectivity index (χ0n) is 16.3. The number of methoxy groups -OCH3 is 1. The van der Waals surface area contributed by atoms with Gasteiger partial charge in [-0.05, 0) is 40.5 Å². The smallest absolute Gasteiger partial charge is 0.260 e. The lowest BCUT2D eigenvalue weighted by molar-refractivity contribution is 0.415. The minimum atomic E-state index is -0.133. The summed E-state index contributed by atoms with van der Waals surface area (Å²) in [6.45, 7) is 1.51. The monoisotopic (exact) mass is 455 g/mol. The van der Waals surface area contributed by atoms with E-state index in [0.29, 0.717) is 23.4 Å². The fraction of sp³-hybridized carbons (Fsp3) is 0.238. The molecule has 0 amide bonds. The zero-order valence-corrected chi connectivity index (χ0v) is 17.8. The average molecular weight is 456 g/mol. The van der Waals surface area contributed by atoms with Gasteiger partial charge in [-0.2, -0.15) is 0 Å². The molecule has 0 fully saturated rings. The van der Waals surface area contributed by atoms with Crippen molar-refractivity contribution in [3.05, 3.63) is 57.4 Å². The van der Waals surface area contributed by atoms with Gasteiger partial charge in [0.05, 0.1) is 29.2 Å². The molecule has 0 saturated heterocycles. The van der Waals surface area contributed by atoms with Crippen LogP contribution in [0.15, 0.2) is 51.9 Å². The summed E-state index contributed by atoms with van der Waals surface area (Å²) >= 11 is 3.57. The van der Waals surface area contributed by atoms with Crippen LogP contribution in [0, 0.1) is 0 Å². The maximum Gasteiger partial charge on any atom is 0.260 e. The van der Waals surface area contributed by atoms with Gasteiger partial charge in [0.25, 0.3) is 5.56 Å². The summed E-state index contributed by atoms with van der Waals surface area (Å²) < 4.78 is 6.46. The number of aromatic amines is 2. The summed E-state index contributed by atoms with van der Waals surface area (Å²) in [4.78, 5) is 24.9. The summed E-state index contributed by atoms with van der Waals surface area (Å²) in [5.74, 6) is 1.31. The predicted octanol–water partition coefficient (Wildman–Crippen LogP) is 4.11. The summed E-state index contributed by atoms with van der Waals surface area (Å²) in [6, 6.07) is 11.4. The number of para-hydroxylation sites is 1. The number of benzene rings is 2. The molecule has 0 atom stereocenters. The normalized spacial score (nSPS) is 11.1. The van der Waals surface area contributed by atoms with E-state index in [4.69, 9.17) is 4.74 Å². The van der Waals surface area contributed by atoms with Gasteiger partial charge in [0.2, 0.25) is 5.95 Å². The van der Waals surface area contributed by atoms with Gasteiger partial charge in [-0.25, -0.2) is 4.98 Å². The first-order valence-electron chi connectivity index (χ1n) is 9.35. The van der Waals surface area contributed by atoms with E-state index in [-0.39, 0.29) is 5.56 Å². The standard InChI is InChI=1S/C21H22BrN5O2/c1-27(18-11-13(29-2)10-15-16(22)12-24-19(15)18)9-5-8-23-21-25-17-7-4-3-6-14(17)20(28)26-21/h3-4,6-7,10-12,24H,5,8-9H2,1-2H3,(H2,23,25,26,28). The van der Waals surface area contributed by atoms with Crippen LogP contribution in [0.3, 0.4) is 0 Å². The summed E-state index contributed by atoms with van der Waals surface area (Å²) in [7, 11) is 3.73. The van der Waals surface area contributed by atoms with Crippen LogP contribution in [0.5, 0.6) is 5.75 Å². The first-order valence-corrected chi connectivity index (χ1v) is 10.1. The highest BCUT2D eigenvalue weighted by atomic mass is 79.9. The summed E-state index contributed by atoms with van der Waals surface area (Å²) in [5, 5.41) is 4.89. The van der Waals surface area contributed by atoms with Crippen molar-refractivity contribution < 1.29 is 4.74 Å². The van der Waals surface area contributed by atoms with Crippen molar-refractivity contribution in [2.45, 2.75) is 6.42 Å². The Morgan fingerprint density at radius 2 is 2.07 bits per heavy atom. The van der Waals surface area contributed by atoms with Gasteiger partial charge in [0.15, 0.2) is 0 Å². The van der Waals surface area contributed by atoms with Gasteiger partial charge in [-0.3, -0.25) is 9.78 Å². The minimum absolute atomic E-state index is 0.133. The van der Waals surface area contributed by atoms with E-state index in [9.17, 15) is 4.79 Å². The van der Waals surface area contributed by atoms with Crippen molar-refractivity contribution in [2.75, 3.05) is 37.5 Å². The zero-order chi connectivity index (χ0) is 20.4. The maximum absolute atomic E-state index is 12.1. The van der Waals surface area contributed by atoms with Crippen molar-refractivity contribution >= 4 is 49.4 Å². The summed E-state index contributed by atoms with van der Waals surface area (Å²) in [5.41, 5.74) is 2.69. The van der Waals surface area contributed by atoms with Gasteiger partial charge >= 0.3 is 0 Å². The van der Waals surface area contributed by atoms with Gasteiger partial charge in [0.1, 0.15) is 5.75 Å². The molecule has 2 aromatic carbocycles. The van der Waals surface area contributed by atoms with Crippen LogP contribution in [0.4, 0.5) is 11.6 Å². The number of rotatable bonds is 7. The molecule has 0 aliphatic heterocycles. The second kappa shape index (κ2) is 8.16. The van der Waals surface area contributed by atoms with Gasteiger partial charge in [-0.15, -0.1) is 0 Å². The van der Waals surface area contributed by atoms with E-state index in [2.05, 4.69) is 48.1 Å². The van der Waals surface area contributed by atoms with Crippen LogP contribution in [0.1, 0.15) is 6.42 Å². The molecule has 29 heavy (non-hydrogen) atoms. The van der Waals surface area contributed by atoms with Crippen molar-refractivity contribution in [3.63, 3.8) is 0 Å². The van der Waals surface area contributed by atoms with Crippen molar-refractivity contribution in [3.8, 4) is 5.75 Å². The van der Waals surface area contributed by atoms with Crippen molar-refractivity contribution in [1.29, 1.82) is 0 Å². The second-order valence-electron chi connectivity index (χ2n) is 6.84. The molecule has 0 aliphatic rings. The van der Waals surface area contributed by atoms with Crippen LogP contribution in [0.2, 0.25) is 0 Å². The van der Waals surface area contributed by atoms with E-state index in [1.54, 1.807) is 13.2 Å². The molecular weight excluding hydrogens is 434 g/mol. The third kappa shape index (κ3) is 3.93. The molecule has 0 aliphatic carbocycles. The van der Waals surface area contributed by atoms with Crippen LogP contribution in [-0.2, 0) is 0 Å². The quantitative estimate of drug-likeness (QED) is 0.365. The number of nitrogens with one attached hydrogen (secondary N) is 3. The molecule has 4 aromatic rings. The van der Waals surface area contributed by atoms with Crippen LogP contribution in [-0.4, -0.2) is 42.2 Å². The second-order valence-corrected chi connectivity index (χ2v) is 7.69. The van der Waals surface area contributed by atoms with Crippen molar-refractivity contribution in [1.82, 2.24) is 15.0 Å². The minimum Gasteiger partial charge on any atom is -0.497 e. The third-order valence-corrected chi connectivity index (χ3v) is 5.57. The molecule has 4 rings (SSSR count). The number of anilines is 2. The molecule has 7 nitrogen and oxygen atoms in total. The number of nitrogens with zero attached hydrogens (tertiary/aromatic N) is 2. The Balaban J connectivity index is 1.43. The molecule has 0 saturated carbocycles. The lowest BCUT2D eigenvalue weighted by Crippen LogP contribution is -2.22. The van der Waals surface area contributed by atoms with E-state index >= 15 is 0 Å². The first-order chi connectivity index (χ1) is 14.1. The van der Waals surface area contributed by atoms with Crippen LogP contribution >= 0.6 is 15.9 Å². The molecule has 0 spiro atoms. The Morgan fingerprint density at radius 3 is 2.90 bits per heavy atom. The Kier molecular flexibility index (Phi) is 5.44. The highest BCUT2D eigenvalue weighted by Crippen LogP contribution is 2.35. The molecular formula is C21H22BrN5O2. The van der Waals surface area contributed by atoms with Gasteiger partial charge < -0.3 is 19.9 Å². The molecule has 0 unspecified atom stereocenters. The largest absolute Gasteiger partial charge is 0.497 e. The number of hydrogen-bond donors (Lipinski definition) is 3. The molecule has 0 radical (unpaired) electrons. The van der Waals surface area contributed by atoms with Crippen LogP contribution in [0.25, 0.3) is 21.8 Å². The Labute approximate surface area is 176 Å². The fourth-order valence-corrected chi connectivity index (χ4v) is 3.81. The number of halogens is 1. The Morgan fingerprint density at radius 1 is 1.24 bits per heavy atom. The van der Waals surface area contributed by atoms with E-state index in [1.165, 1.54) is 0 Å². The Bertz CT molecular complexity index is 1220. The highest BCUT2D eigenvalue weighted by Gasteiger charge is 2.12. The van der Waals surface area contributed by atoms with E-state index in [0.717, 1.165) is 39.8 Å².